The zero-order chi connectivity index (χ0) is 17.5. The molecule has 24 heavy (non-hydrogen) atoms. The lowest BCUT2D eigenvalue weighted by Crippen LogP contribution is -2.47. The fraction of sp³-hybridized carbons (Fsp3) is 0.529. The Morgan fingerprint density at radius 2 is 2.25 bits per heavy atom. The molecular weight excluding hydrogens is 306 g/mol. The summed E-state index contributed by atoms with van der Waals surface area (Å²) in [6, 6.07) is 8.38. The van der Waals surface area contributed by atoms with E-state index in [9.17, 15) is 4.79 Å². The van der Waals surface area contributed by atoms with Gasteiger partial charge in [0, 0.05) is 52.0 Å². The fourth-order valence-corrected chi connectivity index (χ4v) is 2.63. The van der Waals surface area contributed by atoms with Gasteiger partial charge in [0.25, 0.3) is 0 Å². The van der Waals surface area contributed by atoms with Gasteiger partial charge in [0.05, 0.1) is 13.7 Å². The Bertz CT molecular complexity index is 588. The summed E-state index contributed by atoms with van der Waals surface area (Å²) in [4.78, 5) is 19.7. The molecule has 1 unspecified atom stereocenters. The number of hydrogen-bond donors (Lipinski definition) is 2. The smallest absolute Gasteiger partial charge is 0.241 e. The molecule has 2 rings (SSSR count). The van der Waals surface area contributed by atoms with Crippen LogP contribution in [0.15, 0.2) is 29.3 Å². The van der Waals surface area contributed by atoms with Crippen LogP contribution in [0.3, 0.4) is 0 Å². The predicted molar refractivity (Wildman–Crippen MR) is 96.8 cm³/mol. The Morgan fingerprint density at radius 1 is 1.46 bits per heavy atom. The van der Waals surface area contributed by atoms with Crippen LogP contribution in [0.2, 0.25) is 0 Å². The largest absolute Gasteiger partial charge is 0.497 e. The van der Waals surface area contributed by atoms with Crippen LogP contribution in [0, 0.1) is 0 Å². The van der Waals surface area contributed by atoms with E-state index in [2.05, 4.69) is 26.6 Å². The van der Waals surface area contributed by atoms with Crippen LogP contribution in [0.1, 0.15) is 6.42 Å². The first kappa shape index (κ1) is 17.9. The SMILES string of the molecule is CN=C(NCC(=O)N(C)C)NC1CCN(c2cccc(OC)c2)C1. The van der Waals surface area contributed by atoms with Crippen molar-refractivity contribution in [2.45, 2.75) is 12.5 Å². The number of amides is 1. The van der Waals surface area contributed by atoms with Gasteiger partial charge in [-0.1, -0.05) is 6.07 Å². The number of nitrogens with one attached hydrogen (secondary N) is 2. The Morgan fingerprint density at radius 3 is 2.92 bits per heavy atom. The van der Waals surface area contributed by atoms with Crippen molar-refractivity contribution < 1.29 is 9.53 Å². The summed E-state index contributed by atoms with van der Waals surface area (Å²) in [6.45, 7) is 2.09. The zero-order valence-electron chi connectivity index (χ0n) is 14.9. The zero-order valence-corrected chi connectivity index (χ0v) is 14.9. The lowest BCUT2D eigenvalue weighted by atomic mass is 10.2. The topological polar surface area (TPSA) is 69.2 Å². The average Bonchev–Trinajstić information content (AvgIpc) is 3.06. The molecule has 1 heterocycles. The molecule has 7 heteroatoms. The molecule has 0 bridgehead atoms. The van der Waals surface area contributed by atoms with Gasteiger partial charge in [0.2, 0.25) is 5.91 Å². The van der Waals surface area contributed by atoms with Crippen LogP contribution >= 0.6 is 0 Å². The van der Waals surface area contributed by atoms with Gasteiger partial charge in [-0.15, -0.1) is 0 Å². The summed E-state index contributed by atoms with van der Waals surface area (Å²) in [5, 5.41) is 6.44. The maximum atomic E-state index is 11.7. The van der Waals surface area contributed by atoms with E-state index in [1.807, 2.05) is 18.2 Å². The highest BCUT2D eigenvalue weighted by atomic mass is 16.5. The number of hydrogen-bond acceptors (Lipinski definition) is 4. The molecular formula is C17H27N5O2. The molecule has 1 aliphatic rings. The predicted octanol–water partition coefficient (Wildman–Crippen LogP) is 0.527. The van der Waals surface area contributed by atoms with Crippen molar-refractivity contribution in [1.82, 2.24) is 15.5 Å². The van der Waals surface area contributed by atoms with Crippen LogP contribution in [-0.4, -0.2) is 70.7 Å². The summed E-state index contributed by atoms with van der Waals surface area (Å²) < 4.78 is 5.29. The number of rotatable bonds is 5. The number of anilines is 1. The summed E-state index contributed by atoms with van der Waals surface area (Å²) in [7, 11) is 6.87. The van der Waals surface area contributed by atoms with Crippen LogP contribution in [-0.2, 0) is 4.79 Å². The maximum absolute atomic E-state index is 11.7. The van der Waals surface area contributed by atoms with E-state index in [4.69, 9.17) is 4.74 Å². The minimum atomic E-state index is 0.0161. The third-order valence-electron chi connectivity index (χ3n) is 4.08. The molecule has 7 nitrogen and oxygen atoms in total. The van der Waals surface area contributed by atoms with Crippen LogP contribution in [0.5, 0.6) is 5.75 Å². The number of carbonyl (C=O) groups excluding carboxylic acids is 1. The molecule has 2 N–H and O–H groups in total. The molecule has 132 valence electrons. The van der Waals surface area contributed by atoms with Crippen molar-refractivity contribution in [3.05, 3.63) is 24.3 Å². The monoisotopic (exact) mass is 333 g/mol. The highest BCUT2D eigenvalue weighted by molar-refractivity contribution is 5.86. The van der Waals surface area contributed by atoms with Gasteiger partial charge in [-0.3, -0.25) is 9.79 Å². The third kappa shape index (κ3) is 4.78. The summed E-state index contributed by atoms with van der Waals surface area (Å²) in [6.07, 6.45) is 1.01. The number of benzene rings is 1. The van der Waals surface area contributed by atoms with E-state index >= 15 is 0 Å². The van der Waals surface area contributed by atoms with Crippen LogP contribution in [0.4, 0.5) is 5.69 Å². The molecule has 1 aliphatic heterocycles. The molecule has 0 aliphatic carbocycles. The molecule has 1 aromatic carbocycles. The quantitative estimate of drug-likeness (QED) is 0.608. The molecule has 1 atom stereocenters. The first-order valence-corrected chi connectivity index (χ1v) is 8.10. The van der Waals surface area contributed by atoms with Crippen LogP contribution in [0.25, 0.3) is 0 Å². The Kier molecular flexibility index (Phi) is 6.28. The number of methoxy groups -OCH3 is 1. The number of aliphatic imine (C=N–C) groups is 1. The average molecular weight is 333 g/mol. The molecule has 0 saturated carbocycles. The fourth-order valence-electron chi connectivity index (χ4n) is 2.63. The number of nitrogens with zero attached hydrogens (tertiary/aromatic N) is 3. The number of carbonyl (C=O) groups is 1. The first-order valence-electron chi connectivity index (χ1n) is 8.10. The van der Waals surface area contributed by atoms with Crippen molar-refractivity contribution in [2.75, 3.05) is 52.8 Å². The van der Waals surface area contributed by atoms with E-state index in [-0.39, 0.29) is 18.5 Å². The first-order chi connectivity index (χ1) is 11.5. The normalized spacial score (nSPS) is 17.6. The van der Waals surface area contributed by atoms with Gasteiger partial charge in [0.1, 0.15) is 5.75 Å². The van der Waals surface area contributed by atoms with Gasteiger partial charge < -0.3 is 25.2 Å². The van der Waals surface area contributed by atoms with Crippen LogP contribution < -0.4 is 20.3 Å². The second-order valence-corrected chi connectivity index (χ2v) is 5.99. The van der Waals surface area contributed by atoms with E-state index in [1.54, 1.807) is 33.2 Å². The molecule has 1 saturated heterocycles. The van der Waals surface area contributed by atoms with Crippen molar-refractivity contribution in [2.24, 2.45) is 4.99 Å². The molecule has 0 aromatic heterocycles. The van der Waals surface area contributed by atoms with Gasteiger partial charge in [-0.2, -0.15) is 0 Å². The number of guanidine groups is 1. The molecule has 1 amide bonds. The Labute approximate surface area is 143 Å². The summed E-state index contributed by atoms with van der Waals surface area (Å²) in [5.41, 5.74) is 1.16. The summed E-state index contributed by atoms with van der Waals surface area (Å²) in [5.74, 6) is 1.54. The minimum Gasteiger partial charge on any atom is -0.497 e. The Hall–Kier alpha value is -2.44. The van der Waals surface area contributed by atoms with Crippen molar-refractivity contribution >= 4 is 17.6 Å². The highest BCUT2D eigenvalue weighted by Gasteiger charge is 2.23. The maximum Gasteiger partial charge on any atom is 0.241 e. The minimum absolute atomic E-state index is 0.0161. The van der Waals surface area contributed by atoms with Gasteiger partial charge in [-0.05, 0) is 18.6 Å². The van der Waals surface area contributed by atoms with Gasteiger partial charge in [0.15, 0.2) is 5.96 Å². The third-order valence-corrected chi connectivity index (χ3v) is 4.08. The highest BCUT2D eigenvalue weighted by Crippen LogP contribution is 2.24. The van der Waals surface area contributed by atoms with E-state index in [0.29, 0.717) is 5.96 Å². The molecule has 1 aromatic rings. The summed E-state index contributed by atoms with van der Waals surface area (Å²) >= 11 is 0. The van der Waals surface area contributed by atoms with E-state index in [1.165, 1.54) is 0 Å². The lowest BCUT2D eigenvalue weighted by Gasteiger charge is -2.21. The van der Waals surface area contributed by atoms with Crippen molar-refractivity contribution in [3.8, 4) is 5.75 Å². The molecule has 1 fully saturated rings. The Balaban J connectivity index is 1.87. The van der Waals surface area contributed by atoms with Gasteiger partial charge >= 0.3 is 0 Å². The standard InChI is InChI=1S/C17H27N5O2/c1-18-17(19-11-16(23)21(2)3)20-13-8-9-22(12-13)14-6-5-7-15(10-14)24-4/h5-7,10,13H,8-9,11-12H2,1-4H3,(H2,18,19,20). The van der Waals surface area contributed by atoms with Gasteiger partial charge in [-0.25, -0.2) is 0 Å². The molecule has 0 radical (unpaired) electrons. The van der Waals surface area contributed by atoms with E-state index in [0.717, 1.165) is 30.9 Å². The molecule has 0 spiro atoms. The number of ether oxygens (including phenoxy) is 1. The van der Waals surface area contributed by atoms with Crippen molar-refractivity contribution in [1.29, 1.82) is 0 Å². The second-order valence-electron chi connectivity index (χ2n) is 5.99. The number of likely N-dealkylation sites (N-methyl/N-ethyl adjacent to an activating group) is 1. The van der Waals surface area contributed by atoms with Crippen molar-refractivity contribution in [3.63, 3.8) is 0 Å². The van der Waals surface area contributed by atoms with E-state index < -0.39 is 0 Å². The second kappa shape index (κ2) is 8.42. The lowest BCUT2D eigenvalue weighted by molar-refractivity contribution is -0.127.